The molecule has 0 unspecified atom stereocenters. The van der Waals surface area contributed by atoms with Crippen molar-refractivity contribution < 1.29 is 19.4 Å². The number of benzene rings is 2. The number of hydrogen-bond donors (Lipinski definition) is 1. The number of amides is 1. The van der Waals surface area contributed by atoms with Gasteiger partial charge in [-0.2, -0.15) is 0 Å². The lowest BCUT2D eigenvalue weighted by Gasteiger charge is -2.22. The van der Waals surface area contributed by atoms with Crippen molar-refractivity contribution in [3.63, 3.8) is 0 Å². The van der Waals surface area contributed by atoms with Gasteiger partial charge in [-0.05, 0) is 66.7 Å². The lowest BCUT2D eigenvalue weighted by atomic mass is 9.92. The van der Waals surface area contributed by atoms with E-state index in [0.29, 0.717) is 35.0 Å². The molecule has 0 bridgehead atoms. The van der Waals surface area contributed by atoms with Crippen LogP contribution < -0.4 is 9.64 Å². The second-order valence-electron chi connectivity index (χ2n) is 8.62. The average molecular weight is 477 g/mol. The minimum atomic E-state index is -0.985. The Morgan fingerprint density at radius 3 is 2.68 bits per heavy atom. The number of halogens is 1. The molecule has 0 aromatic heterocycles. The van der Waals surface area contributed by atoms with Gasteiger partial charge in [-0.25, -0.2) is 4.79 Å². The molecule has 174 valence electrons. The van der Waals surface area contributed by atoms with Crippen LogP contribution in [0.3, 0.4) is 0 Å². The number of anilines is 1. The molecular weight excluding hydrogens is 452 g/mol. The highest BCUT2D eigenvalue weighted by Gasteiger charge is 2.32. The number of fused-ring (bicyclic) bond motifs is 2. The fraction of sp³-hybridized carbons (Fsp3) is 0.259. The molecule has 5 rings (SSSR count). The smallest absolute Gasteiger partial charge is 0.352 e. The largest absolute Gasteiger partial charge is 0.496 e. The number of carboxylic acid groups (broad SMARTS) is 1. The highest BCUT2D eigenvalue weighted by molar-refractivity contribution is 6.33. The predicted molar refractivity (Wildman–Crippen MR) is 132 cm³/mol. The summed E-state index contributed by atoms with van der Waals surface area (Å²) in [5.41, 5.74) is 4.97. The molecule has 0 spiro atoms. The van der Waals surface area contributed by atoms with Gasteiger partial charge in [-0.15, -0.1) is 0 Å². The Bertz CT molecular complexity index is 1280. The van der Waals surface area contributed by atoms with Gasteiger partial charge in [0.15, 0.2) is 0 Å². The molecule has 2 aromatic carbocycles. The fourth-order valence-corrected chi connectivity index (χ4v) is 5.16. The van der Waals surface area contributed by atoms with Crippen LogP contribution in [0, 0.1) is 0 Å². The van der Waals surface area contributed by atoms with Crippen LogP contribution in [0.25, 0.3) is 5.57 Å². The van der Waals surface area contributed by atoms with E-state index in [0.717, 1.165) is 36.1 Å². The van der Waals surface area contributed by atoms with Crippen molar-refractivity contribution in [2.75, 3.05) is 12.0 Å². The number of rotatable bonds is 4. The third kappa shape index (κ3) is 3.88. The molecule has 2 heterocycles. The van der Waals surface area contributed by atoms with Gasteiger partial charge < -0.3 is 14.7 Å². The second kappa shape index (κ2) is 9.03. The Labute approximate surface area is 203 Å². The van der Waals surface area contributed by atoms with Crippen molar-refractivity contribution in [3.8, 4) is 5.75 Å². The minimum absolute atomic E-state index is 0.223. The van der Waals surface area contributed by atoms with Crippen LogP contribution in [0.1, 0.15) is 53.6 Å². The lowest BCUT2D eigenvalue weighted by Crippen LogP contribution is -2.27. The summed E-state index contributed by atoms with van der Waals surface area (Å²) in [4.78, 5) is 29.0. The second-order valence-corrected chi connectivity index (χ2v) is 9.02. The average Bonchev–Trinajstić information content (AvgIpc) is 3.17. The molecule has 34 heavy (non-hydrogen) atoms. The van der Waals surface area contributed by atoms with Crippen LogP contribution in [0.4, 0.5) is 5.69 Å². The van der Waals surface area contributed by atoms with Crippen molar-refractivity contribution >= 4 is 34.7 Å². The highest BCUT2D eigenvalue weighted by Crippen LogP contribution is 2.39. The number of para-hydroxylation sites is 1. The topological polar surface area (TPSA) is 70.1 Å². The fourth-order valence-electron chi connectivity index (χ4n) is 4.87. The highest BCUT2D eigenvalue weighted by atomic mass is 35.5. The van der Waals surface area contributed by atoms with Crippen LogP contribution in [0.2, 0.25) is 5.02 Å². The zero-order valence-corrected chi connectivity index (χ0v) is 19.6. The zero-order valence-electron chi connectivity index (χ0n) is 18.9. The van der Waals surface area contributed by atoms with Crippen molar-refractivity contribution in [2.45, 2.75) is 38.6 Å². The molecule has 0 saturated carbocycles. The summed E-state index contributed by atoms with van der Waals surface area (Å²) < 4.78 is 5.65. The molecule has 0 fully saturated rings. The van der Waals surface area contributed by atoms with E-state index in [1.807, 2.05) is 30.3 Å². The molecule has 0 saturated heterocycles. The van der Waals surface area contributed by atoms with Gasteiger partial charge in [0, 0.05) is 23.3 Å². The number of hydrogen-bond acceptors (Lipinski definition) is 4. The van der Waals surface area contributed by atoms with Crippen molar-refractivity contribution in [3.05, 3.63) is 87.9 Å². The zero-order chi connectivity index (χ0) is 23.8. The molecular formula is C27H25ClN2O4. The number of allylic oxidation sites excluding steroid dienone is 3. The van der Waals surface area contributed by atoms with Crippen LogP contribution in [0.5, 0.6) is 5.75 Å². The first-order valence-electron chi connectivity index (χ1n) is 11.4. The van der Waals surface area contributed by atoms with E-state index in [9.17, 15) is 14.7 Å². The van der Waals surface area contributed by atoms with Crippen molar-refractivity contribution in [2.24, 2.45) is 0 Å². The standard InChI is InChI=1S/C27H25ClN2O4/c1-34-25-14-20(17-7-3-2-4-8-17)22(28)13-21(25)26(31)30-16-19-11-12-24(27(32)33)29(19)15-18-9-5-6-10-23(18)30/h5-7,9-10,12-14,16H,2-4,8,11,15H2,1H3,(H,32,33). The normalized spacial score (nSPS) is 17.2. The van der Waals surface area contributed by atoms with Gasteiger partial charge in [0.2, 0.25) is 0 Å². The Hall–Kier alpha value is -3.51. The Balaban J connectivity index is 1.58. The summed E-state index contributed by atoms with van der Waals surface area (Å²) in [6.07, 6.45) is 10.3. The molecule has 0 atom stereocenters. The van der Waals surface area contributed by atoms with Gasteiger partial charge in [0.1, 0.15) is 11.4 Å². The Kier molecular flexibility index (Phi) is 5.92. The van der Waals surface area contributed by atoms with Crippen molar-refractivity contribution in [1.29, 1.82) is 0 Å². The molecule has 7 heteroatoms. The molecule has 1 amide bonds. The van der Waals surface area contributed by atoms with Gasteiger partial charge in [-0.1, -0.05) is 35.9 Å². The molecule has 2 aliphatic heterocycles. The summed E-state index contributed by atoms with van der Waals surface area (Å²) in [6.45, 7) is 0.370. The molecule has 1 N–H and O–H groups in total. The van der Waals surface area contributed by atoms with Crippen LogP contribution in [-0.4, -0.2) is 29.0 Å². The predicted octanol–water partition coefficient (Wildman–Crippen LogP) is 5.98. The van der Waals surface area contributed by atoms with E-state index >= 15 is 0 Å². The van der Waals surface area contributed by atoms with Gasteiger partial charge in [0.05, 0.1) is 24.9 Å². The summed E-state index contributed by atoms with van der Waals surface area (Å²) in [6, 6.07) is 11.1. The van der Waals surface area contributed by atoms with Crippen LogP contribution >= 0.6 is 11.6 Å². The maximum atomic E-state index is 13.9. The SMILES string of the molecule is COc1cc(C2=CCCCC2)c(Cl)cc1C(=O)N1C=C2CC=C(C(=O)O)N2Cc2ccccc21. The monoisotopic (exact) mass is 476 g/mol. The first-order valence-corrected chi connectivity index (χ1v) is 11.8. The minimum Gasteiger partial charge on any atom is -0.496 e. The molecule has 6 nitrogen and oxygen atoms in total. The summed E-state index contributed by atoms with van der Waals surface area (Å²) in [5.74, 6) is -0.807. The molecule has 1 aliphatic carbocycles. The van der Waals surface area contributed by atoms with E-state index in [2.05, 4.69) is 6.08 Å². The third-order valence-corrected chi connectivity index (χ3v) is 6.91. The number of carbonyl (C=O) groups excluding carboxylic acids is 1. The number of methoxy groups -OCH3 is 1. The molecule has 2 aromatic rings. The summed E-state index contributed by atoms with van der Waals surface area (Å²) in [7, 11) is 1.55. The van der Waals surface area contributed by atoms with E-state index in [4.69, 9.17) is 16.3 Å². The summed E-state index contributed by atoms with van der Waals surface area (Å²) in [5, 5.41) is 10.1. The van der Waals surface area contributed by atoms with E-state index < -0.39 is 5.97 Å². The van der Waals surface area contributed by atoms with Gasteiger partial charge in [0.25, 0.3) is 5.91 Å². The Morgan fingerprint density at radius 1 is 1.12 bits per heavy atom. The van der Waals surface area contributed by atoms with Gasteiger partial charge in [-0.3, -0.25) is 9.69 Å². The first-order chi connectivity index (χ1) is 16.5. The number of nitrogens with zero attached hydrogens (tertiary/aromatic N) is 2. The maximum Gasteiger partial charge on any atom is 0.352 e. The van der Waals surface area contributed by atoms with Crippen LogP contribution in [-0.2, 0) is 11.3 Å². The van der Waals surface area contributed by atoms with Crippen molar-refractivity contribution in [1.82, 2.24) is 4.90 Å². The third-order valence-electron chi connectivity index (χ3n) is 6.59. The van der Waals surface area contributed by atoms with E-state index in [1.54, 1.807) is 35.3 Å². The number of carbonyl (C=O) groups is 2. The van der Waals surface area contributed by atoms with Crippen LogP contribution in [0.15, 0.2) is 66.1 Å². The number of aliphatic carboxylic acids is 1. The quantitative estimate of drug-likeness (QED) is 0.587. The van der Waals surface area contributed by atoms with E-state index in [-0.39, 0.29) is 11.6 Å². The molecule has 0 radical (unpaired) electrons. The lowest BCUT2D eigenvalue weighted by molar-refractivity contribution is -0.134. The number of ether oxygens (including phenoxy) is 1. The molecule has 3 aliphatic rings. The summed E-state index contributed by atoms with van der Waals surface area (Å²) >= 11 is 6.69. The Morgan fingerprint density at radius 2 is 1.94 bits per heavy atom. The van der Waals surface area contributed by atoms with Gasteiger partial charge >= 0.3 is 5.97 Å². The maximum absolute atomic E-state index is 13.9. The number of carboxylic acids is 1. The van der Waals surface area contributed by atoms with E-state index in [1.165, 1.54) is 12.0 Å². The first kappa shape index (κ1) is 22.3.